The number of carboxylic acids is 1. The smallest absolute Gasteiger partial charge is 0.326 e. The maximum absolute atomic E-state index is 12.1. The van der Waals surface area contributed by atoms with Crippen LogP contribution in [0.1, 0.15) is 38.7 Å². The van der Waals surface area contributed by atoms with Crippen LogP contribution in [-0.2, 0) is 16.0 Å². The molecule has 0 saturated heterocycles. The van der Waals surface area contributed by atoms with E-state index in [1.165, 1.54) is 0 Å². The maximum Gasteiger partial charge on any atom is 0.326 e. The Balaban J connectivity index is 2.57. The van der Waals surface area contributed by atoms with Gasteiger partial charge in [0.2, 0.25) is 5.91 Å². The molecule has 1 aromatic carbocycles. The van der Waals surface area contributed by atoms with Gasteiger partial charge in [-0.3, -0.25) is 4.79 Å². The second kappa shape index (κ2) is 9.07. The van der Waals surface area contributed by atoms with E-state index >= 15 is 0 Å². The lowest BCUT2D eigenvalue weighted by Gasteiger charge is -2.18. The van der Waals surface area contributed by atoms with E-state index in [1.54, 1.807) is 14.0 Å². The van der Waals surface area contributed by atoms with Gasteiger partial charge in [-0.2, -0.15) is 0 Å². The molecule has 0 saturated carbocycles. The number of benzene rings is 1. The minimum Gasteiger partial charge on any atom is -0.497 e. The van der Waals surface area contributed by atoms with Crippen molar-refractivity contribution in [2.24, 2.45) is 5.92 Å². The van der Waals surface area contributed by atoms with Gasteiger partial charge in [-0.25, -0.2) is 4.79 Å². The summed E-state index contributed by atoms with van der Waals surface area (Å²) in [6.07, 6.45) is 2.72. The third-order valence-corrected chi connectivity index (χ3v) is 3.61. The molecule has 122 valence electrons. The summed E-state index contributed by atoms with van der Waals surface area (Å²) < 4.78 is 5.09. The van der Waals surface area contributed by atoms with Crippen molar-refractivity contribution in [1.29, 1.82) is 0 Å². The molecule has 2 N–H and O–H groups in total. The molecular formula is C17H25NO4. The third kappa shape index (κ3) is 5.76. The van der Waals surface area contributed by atoms with Crippen molar-refractivity contribution < 1.29 is 19.4 Å². The van der Waals surface area contributed by atoms with E-state index in [1.807, 2.05) is 31.2 Å². The number of hydrogen-bond acceptors (Lipinski definition) is 3. The van der Waals surface area contributed by atoms with Crippen LogP contribution in [-0.4, -0.2) is 30.1 Å². The van der Waals surface area contributed by atoms with Crippen molar-refractivity contribution in [3.8, 4) is 5.75 Å². The van der Waals surface area contributed by atoms with Crippen LogP contribution in [0.4, 0.5) is 0 Å². The zero-order valence-corrected chi connectivity index (χ0v) is 13.5. The standard InChI is InChI=1S/C17H25NO4/c1-4-5-6-15(17(20)21)18-16(19)12(2)11-13-7-9-14(22-3)10-8-13/h7-10,12,15H,4-6,11H2,1-3H3,(H,18,19)(H,20,21)/t12?,15-/m0/s1. The Bertz CT molecular complexity index is 484. The number of amides is 1. The number of nitrogens with one attached hydrogen (secondary N) is 1. The van der Waals surface area contributed by atoms with E-state index < -0.39 is 12.0 Å². The Morgan fingerprint density at radius 3 is 2.41 bits per heavy atom. The average Bonchev–Trinajstić information content (AvgIpc) is 2.51. The molecule has 1 amide bonds. The lowest BCUT2D eigenvalue weighted by Crippen LogP contribution is -2.43. The van der Waals surface area contributed by atoms with Crippen molar-refractivity contribution in [3.05, 3.63) is 29.8 Å². The molecule has 5 heteroatoms. The summed E-state index contributed by atoms with van der Waals surface area (Å²) in [7, 11) is 1.60. The van der Waals surface area contributed by atoms with Crippen LogP contribution in [0.5, 0.6) is 5.75 Å². The van der Waals surface area contributed by atoms with Crippen LogP contribution in [0, 0.1) is 5.92 Å². The lowest BCUT2D eigenvalue weighted by atomic mass is 9.99. The first-order chi connectivity index (χ1) is 10.5. The molecule has 0 fully saturated rings. The molecule has 0 aliphatic rings. The molecule has 5 nitrogen and oxygen atoms in total. The monoisotopic (exact) mass is 307 g/mol. The molecule has 2 atom stereocenters. The van der Waals surface area contributed by atoms with E-state index in [-0.39, 0.29) is 11.8 Å². The highest BCUT2D eigenvalue weighted by Crippen LogP contribution is 2.15. The van der Waals surface area contributed by atoms with Gasteiger partial charge in [-0.1, -0.05) is 38.8 Å². The van der Waals surface area contributed by atoms with Gasteiger partial charge in [0.05, 0.1) is 7.11 Å². The zero-order valence-electron chi connectivity index (χ0n) is 13.5. The SMILES string of the molecule is CCCC[C@H](NC(=O)C(C)Cc1ccc(OC)cc1)C(=O)O. The number of hydrogen-bond donors (Lipinski definition) is 2. The van der Waals surface area contributed by atoms with E-state index in [2.05, 4.69) is 5.32 Å². The van der Waals surface area contributed by atoms with Gasteiger partial charge in [0.1, 0.15) is 11.8 Å². The summed E-state index contributed by atoms with van der Waals surface area (Å²) in [5.41, 5.74) is 1.02. The highest BCUT2D eigenvalue weighted by atomic mass is 16.5. The highest BCUT2D eigenvalue weighted by Gasteiger charge is 2.22. The fraction of sp³-hybridized carbons (Fsp3) is 0.529. The number of carbonyl (C=O) groups excluding carboxylic acids is 1. The maximum atomic E-state index is 12.1. The van der Waals surface area contributed by atoms with E-state index in [0.29, 0.717) is 12.8 Å². The summed E-state index contributed by atoms with van der Waals surface area (Å²) >= 11 is 0. The average molecular weight is 307 g/mol. The number of carbonyl (C=O) groups is 2. The molecule has 0 aliphatic heterocycles. The van der Waals surface area contributed by atoms with Gasteiger partial charge in [0, 0.05) is 5.92 Å². The van der Waals surface area contributed by atoms with Crippen molar-refractivity contribution >= 4 is 11.9 Å². The van der Waals surface area contributed by atoms with Crippen molar-refractivity contribution in [2.45, 2.75) is 45.6 Å². The Morgan fingerprint density at radius 1 is 1.27 bits per heavy atom. The number of ether oxygens (including phenoxy) is 1. The Labute approximate surface area is 131 Å². The van der Waals surface area contributed by atoms with Gasteiger partial charge in [0.25, 0.3) is 0 Å². The van der Waals surface area contributed by atoms with Crippen molar-refractivity contribution in [1.82, 2.24) is 5.32 Å². The predicted octanol–water partition coefficient (Wildman–Crippen LogP) is 2.63. The number of rotatable bonds is 9. The van der Waals surface area contributed by atoms with E-state index in [9.17, 15) is 9.59 Å². The molecule has 0 aromatic heterocycles. The summed E-state index contributed by atoms with van der Waals surface area (Å²) in [6, 6.07) is 6.72. The van der Waals surface area contributed by atoms with Crippen LogP contribution in [0.15, 0.2) is 24.3 Å². The highest BCUT2D eigenvalue weighted by molar-refractivity contribution is 5.84. The number of unbranched alkanes of at least 4 members (excludes halogenated alkanes) is 1. The largest absolute Gasteiger partial charge is 0.497 e. The Kier molecular flexibility index (Phi) is 7.43. The minimum absolute atomic E-state index is 0.223. The quantitative estimate of drug-likeness (QED) is 0.735. The van der Waals surface area contributed by atoms with E-state index in [4.69, 9.17) is 9.84 Å². The van der Waals surface area contributed by atoms with Gasteiger partial charge >= 0.3 is 5.97 Å². The van der Waals surface area contributed by atoms with Crippen LogP contribution in [0.3, 0.4) is 0 Å². The third-order valence-electron chi connectivity index (χ3n) is 3.61. The van der Waals surface area contributed by atoms with E-state index in [0.717, 1.165) is 24.2 Å². The fourth-order valence-electron chi connectivity index (χ4n) is 2.19. The topological polar surface area (TPSA) is 75.6 Å². The summed E-state index contributed by atoms with van der Waals surface area (Å²) in [4.78, 5) is 23.3. The number of carboxylic acid groups (broad SMARTS) is 1. The van der Waals surface area contributed by atoms with Crippen LogP contribution in [0.2, 0.25) is 0 Å². The first-order valence-electron chi connectivity index (χ1n) is 7.64. The van der Waals surface area contributed by atoms with Gasteiger partial charge in [-0.15, -0.1) is 0 Å². The second-order valence-electron chi connectivity index (χ2n) is 5.49. The lowest BCUT2D eigenvalue weighted by molar-refractivity contribution is -0.142. The predicted molar refractivity (Wildman–Crippen MR) is 85.0 cm³/mol. The first-order valence-corrected chi connectivity index (χ1v) is 7.64. The molecule has 0 radical (unpaired) electrons. The molecule has 0 bridgehead atoms. The fourth-order valence-corrected chi connectivity index (χ4v) is 2.19. The van der Waals surface area contributed by atoms with Crippen molar-refractivity contribution in [2.75, 3.05) is 7.11 Å². The number of methoxy groups -OCH3 is 1. The van der Waals surface area contributed by atoms with Gasteiger partial charge in [-0.05, 0) is 30.5 Å². The zero-order chi connectivity index (χ0) is 16.5. The molecule has 0 spiro atoms. The molecule has 1 rings (SSSR count). The number of aliphatic carboxylic acids is 1. The van der Waals surface area contributed by atoms with Crippen LogP contribution in [0.25, 0.3) is 0 Å². The van der Waals surface area contributed by atoms with Crippen molar-refractivity contribution in [3.63, 3.8) is 0 Å². The van der Waals surface area contributed by atoms with Gasteiger partial charge in [0.15, 0.2) is 0 Å². The molecule has 1 unspecified atom stereocenters. The summed E-state index contributed by atoms with van der Waals surface area (Å²) in [6.45, 7) is 3.80. The summed E-state index contributed by atoms with van der Waals surface area (Å²) in [5.74, 6) is -0.707. The molecule has 1 aromatic rings. The molecule has 22 heavy (non-hydrogen) atoms. The minimum atomic E-state index is -0.974. The van der Waals surface area contributed by atoms with Crippen LogP contribution < -0.4 is 10.1 Å². The molecule has 0 heterocycles. The Morgan fingerprint density at radius 2 is 1.91 bits per heavy atom. The van der Waals surface area contributed by atoms with Crippen LogP contribution >= 0.6 is 0 Å². The Hall–Kier alpha value is -2.04. The molecular weight excluding hydrogens is 282 g/mol. The normalized spacial score (nSPS) is 13.2. The van der Waals surface area contributed by atoms with Gasteiger partial charge < -0.3 is 15.2 Å². The molecule has 0 aliphatic carbocycles. The first kappa shape index (κ1) is 18.0. The summed E-state index contributed by atoms with van der Waals surface area (Å²) in [5, 5.41) is 11.8. The second-order valence-corrected chi connectivity index (χ2v) is 5.49.